The second-order valence-electron chi connectivity index (χ2n) is 5.31. The maximum atomic E-state index is 13.0. The number of hydrogen-bond acceptors (Lipinski definition) is 2. The summed E-state index contributed by atoms with van der Waals surface area (Å²) in [6.07, 6.45) is 1.11. The average Bonchev–Trinajstić information content (AvgIpc) is 3.07. The van der Waals surface area contributed by atoms with Crippen LogP contribution in [0, 0.1) is 5.92 Å². The summed E-state index contributed by atoms with van der Waals surface area (Å²) in [5.74, 6) is 0.637. The number of nitrogen functional groups attached to an aromatic ring is 1. The lowest BCUT2D eigenvalue weighted by atomic mass is 10.0. The molecule has 2 aromatic rings. The molecular formula is C14H13ClF3N3. The Kier molecular flexibility index (Phi) is 3.36. The maximum absolute atomic E-state index is 13.0. The Hall–Kier alpha value is -1.69. The topological polar surface area (TPSA) is 43.8 Å². The quantitative estimate of drug-likeness (QED) is 0.862. The van der Waals surface area contributed by atoms with Crippen LogP contribution in [-0.2, 0) is 12.7 Å². The van der Waals surface area contributed by atoms with Crippen LogP contribution in [0.4, 0.5) is 18.9 Å². The van der Waals surface area contributed by atoms with Crippen LogP contribution in [0.15, 0.2) is 24.5 Å². The van der Waals surface area contributed by atoms with E-state index in [2.05, 4.69) is 5.10 Å². The summed E-state index contributed by atoms with van der Waals surface area (Å²) in [5, 5.41) is 4.08. The molecule has 0 amide bonds. The van der Waals surface area contributed by atoms with E-state index >= 15 is 0 Å². The van der Waals surface area contributed by atoms with Crippen LogP contribution in [0.3, 0.4) is 0 Å². The number of nitrogens with zero attached hydrogens (tertiary/aromatic N) is 2. The maximum Gasteiger partial charge on any atom is 0.418 e. The van der Waals surface area contributed by atoms with E-state index < -0.39 is 17.4 Å². The summed E-state index contributed by atoms with van der Waals surface area (Å²) in [6, 6.07) is 2.45. The van der Waals surface area contributed by atoms with Gasteiger partial charge in [-0.05, 0) is 36.5 Å². The van der Waals surface area contributed by atoms with Gasteiger partial charge in [0.2, 0.25) is 0 Å². The van der Waals surface area contributed by atoms with Gasteiger partial charge < -0.3 is 5.73 Å². The van der Waals surface area contributed by atoms with E-state index in [1.807, 2.05) is 0 Å². The molecule has 2 N–H and O–H groups in total. The molecule has 1 aliphatic carbocycles. The third-order valence-corrected chi connectivity index (χ3v) is 3.86. The fourth-order valence-electron chi connectivity index (χ4n) is 2.20. The van der Waals surface area contributed by atoms with E-state index in [9.17, 15) is 13.2 Å². The molecule has 0 atom stereocenters. The van der Waals surface area contributed by atoms with Gasteiger partial charge >= 0.3 is 6.18 Å². The second kappa shape index (κ2) is 4.94. The lowest BCUT2D eigenvalue weighted by Crippen LogP contribution is -2.09. The molecule has 0 saturated heterocycles. The fraction of sp³-hybridized carbons (Fsp3) is 0.357. The number of halogens is 4. The number of hydrogen-bond donors (Lipinski definition) is 1. The lowest BCUT2D eigenvalue weighted by molar-refractivity contribution is -0.136. The van der Waals surface area contributed by atoms with Gasteiger partial charge in [0.1, 0.15) is 0 Å². The van der Waals surface area contributed by atoms with E-state index in [0.29, 0.717) is 17.0 Å². The monoisotopic (exact) mass is 315 g/mol. The van der Waals surface area contributed by atoms with Crippen molar-refractivity contribution >= 4 is 17.3 Å². The number of benzene rings is 1. The van der Waals surface area contributed by atoms with Gasteiger partial charge in [-0.15, -0.1) is 0 Å². The zero-order valence-electron chi connectivity index (χ0n) is 11.0. The molecule has 0 spiro atoms. The zero-order valence-corrected chi connectivity index (χ0v) is 11.7. The SMILES string of the molecule is Nc1c(Cl)cc(-c2cnn(CC3CC3)c2)cc1C(F)(F)F. The van der Waals surface area contributed by atoms with Crippen molar-refractivity contribution in [2.24, 2.45) is 5.92 Å². The molecule has 0 unspecified atom stereocenters. The van der Waals surface area contributed by atoms with Crippen LogP contribution < -0.4 is 5.73 Å². The first-order chi connectivity index (χ1) is 9.84. The van der Waals surface area contributed by atoms with Crippen molar-refractivity contribution in [3.8, 4) is 11.1 Å². The lowest BCUT2D eigenvalue weighted by Gasteiger charge is -2.12. The van der Waals surface area contributed by atoms with Crippen LogP contribution in [0.25, 0.3) is 11.1 Å². The van der Waals surface area contributed by atoms with Crippen molar-refractivity contribution in [3.05, 3.63) is 35.1 Å². The molecule has 0 radical (unpaired) electrons. The zero-order chi connectivity index (χ0) is 15.2. The predicted molar refractivity (Wildman–Crippen MR) is 74.8 cm³/mol. The number of alkyl halides is 3. The second-order valence-corrected chi connectivity index (χ2v) is 5.72. The van der Waals surface area contributed by atoms with E-state index in [4.69, 9.17) is 17.3 Å². The molecule has 0 aliphatic heterocycles. The van der Waals surface area contributed by atoms with Crippen LogP contribution in [0.1, 0.15) is 18.4 Å². The van der Waals surface area contributed by atoms with Crippen LogP contribution in [-0.4, -0.2) is 9.78 Å². The molecule has 3 nitrogen and oxygen atoms in total. The highest BCUT2D eigenvalue weighted by Crippen LogP contribution is 2.40. The van der Waals surface area contributed by atoms with Crippen LogP contribution in [0.2, 0.25) is 5.02 Å². The first-order valence-electron chi connectivity index (χ1n) is 6.53. The van der Waals surface area contributed by atoms with Gasteiger partial charge in [0, 0.05) is 18.3 Å². The van der Waals surface area contributed by atoms with Crippen molar-refractivity contribution in [1.82, 2.24) is 9.78 Å². The molecule has 1 saturated carbocycles. The Morgan fingerprint density at radius 2 is 2.00 bits per heavy atom. The van der Waals surface area contributed by atoms with Crippen molar-refractivity contribution in [3.63, 3.8) is 0 Å². The standard InChI is InChI=1S/C14H13ClF3N3/c15-12-4-9(3-11(13(12)19)14(16,17)18)10-5-20-21(7-10)6-8-1-2-8/h3-5,7-8H,1-2,6,19H2. The van der Waals surface area contributed by atoms with Gasteiger partial charge in [0.15, 0.2) is 0 Å². The molecule has 7 heteroatoms. The number of anilines is 1. The van der Waals surface area contributed by atoms with Crippen molar-refractivity contribution in [1.29, 1.82) is 0 Å². The van der Waals surface area contributed by atoms with Gasteiger partial charge in [-0.25, -0.2) is 0 Å². The summed E-state index contributed by atoms with van der Waals surface area (Å²) >= 11 is 5.82. The number of aromatic nitrogens is 2. The molecule has 1 heterocycles. The number of nitrogens with two attached hydrogens (primary N) is 1. The van der Waals surface area contributed by atoms with Gasteiger partial charge in [-0.2, -0.15) is 18.3 Å². The molecule has 1 fully saturated rings. The molecule has 3 rings (SSSR count). The van der Waals surface area contributed by atoms with E-state index in [0.717, 1.165) is 12.6 Å². The molecule has 21 heavy (non-hydrogen) atoms. The summed E-state index contributed by atoms with van der Waals surface area (Å²) in [7, 11) is 0. The Labute approximate surface area is 124 Å². The fourth-order valence-corrected chi connectivity index (χ4v) is 2.42. The third-order valence-electron chi connectivity index (χ3n) is 3.54. The minimum absolute atomic E-state index is 0.102. The highest BCUT2D eigenvalue weighted by atomic mass is 35.5. The van der Waals surface area contributed by atoms with E-state index in [-0.39, 0.29) is 5.02 Å². The van der Waals surface area contributed by atoms with Crippen molar-refractivity contribution in [2.45, 2.75) is 25.6 Å². The van der Waals surface area contributed by atoms with Crippen molar-refractivity contribution < 1.29 is 13.2 Å². The average molecular weight is 316 g/mol. The van der Waals surface area contributed by atoms with E-state index in [1.165, 1.54) is 18.9 Å². The highest BCUT2D eigenvalue weighted by Gasteiger charge is 2.34. The van der Waals surface area contributed by atoms with E-state index in [1.54, 1.807) is 17.1 Å². The molecule has 0 bridgehead atoms. The normalized spacial score (nSPS) is 15.4. The summed E-state index contributed by atoms with van der Waals surface area (Å²) in [6.45, 7) is 0.800. The minimum atomic E-state index is -4.53. The smallest absolute Gasteiger partial charge is 0.397 e. The Bertz CT molecular complexity index is 675. The predicted octanol–water partition coefficient (Wildman–Crippen LogP) is 4.21. The van der Waals surface area contributed by atoms with Crippen LogP contribution in [0.5, 0.6) is 0 Å². The van der Waals surface area contributed by atoms with Gasteiger partial charge in [0.25, 0.3) is 0 Å². The molecule has 1 aliphatic rings. The first kappa shape index (κ1) is 14.3. The minimum Gasteiger partial charge on any atom is -0.397 e. The number of rotatable bonds is 3. The summed E-state index contributed by atoms with van der Waals surface area (Å²) < 4.78 is 40.6. The molecular weight excluding hydrogens is 303 g/mol. The van der Waals surface area contributed by atoms with Gasteiger partial charge in [-0.1, -0.05) is 11.6 Å². The Morgan fingerprint density at radius 3 is 2.62 bits per heavy atom. The highest BCUT2D eigenvalue weighted by molar-refractivity contribution is 6.33. The molecule has 1 aromatic heterocycles. The summed E-state index contributed by atoms with van der Waals surface area (Å²) in [4.78, 5) is 0. The Morgan fingerprint density at radius 1 is 1.29 bits per heavy atom. The molecule has 1 aromatic carbocycles. The molecule has 112 valence electrons. The van der Waals surface area contributed by atoms with Gasteiger partial charge in [-0.3, -0.25) is 4.68 Å². The third kappa shape index (κ3) is 3.00. The Balaban J connectivity index is 1.97. The first-order valence-corrected chi connectivity index (χ1v) is 6.91. The van der Waals surface area contributed by atoms with Crippen molar-refractivity contribution in [2.75, 3.05) is 5.73 Å². The van der Waals surface area contributed by atoms with Gasteiger partial charge in [0.05, 0.1) is 22.5 Å². The summed E-state index contributed by atoms with van der Waals surface area (Å²) in [5.41, 5.74) is 5.02. The van der Waals surface area contributed by atoms with Crippen LogP contribution >= 0.6 is 11.6 Å². The largest absolute Gasteiger partial charge is 0.418 e.